The summed E-state index contributed by atoms with van der Waals surface area (Å²) in [6.07, 6.45) is 5.86. The molecule has 0 aliphatic rings. The van der Waals surface area contributed by atoms with Gasteiger partial charge < -0.3 is 4.90 Å². The zero-order valence-corrected chi connectivity index (χ0v) is 17.6. The minimum atomic E-state index is -1.04. The van der Waals surface area contributed by atoms with Crippen LogP contribution in [0, 0.1) is 17.5 Å². The van der Waals surface area contributed by atoms with Crippen molar-refractivity contribution in [3.63, 3.8) is 0 Å². The topological polar surface area (TPSA) is 76.8 Å². The lowest BCUT2D eigenvalue weighted by atomic mass is 10.0. The number of likely N-dealkylation sites (N-methyl/N-ethyl adjacent to an activating group) is 1. The minimum Gasteiger partial charge on any atom is -0.339 e. The molecule has 1 aromatic carbocycles. The van der Waals surface area contributed by atoms with Crippen molar-refractivity contribution in [3.8, 4) is 17.2 Å². The summed E-state index contributed by atoms with van der Waals surface area (Å²) in [7, 11) is 0. The molecule has 0 fully saturated rings. The Morgan fingerprint density at radius 1 is 1.03 bits per heavy atom. The summed E-state index contributed by atoms with van der Waals surface area (Å²) in [6.45, 7) is 2.51. The molecule has 0 bridgehead atoms. The Labute approximate surface area is 187 Å². The fraction of sp³-hybridized carbons (Fsp3) is 0.174. The van der Waals surface area contributed by atoms with Crippen LogP contribution in [0.3, 0.4) is 0 Å². The maximum absolute atomic E-state index is 14.0. The van der Waals surface area contributed by atoms with Gasteiger partial charge in [0.2, 0.25) is 0 Å². The van der Waals surface area contributed by atoms with Gasteiger partial charge in [0, 0.05) is 49.7 Å². The number of nitrogens with zero attached hydrogens (tertiary/aromatic N) is 6. The predicted octanol–water partition coefficient (Wildman–Crippen LogP) is 3.85. The molecular weight excluding hydrogens is 433 g/mol. The van der Waals surface area contributed by atoms with E-state index in [-0.39, 0.29) is 17.3 Å². The quantitative estimate of drug-likeness (QED) is 0.426. The van der Waals surface area contributed by atoms with Crippen LogP contribution in [0.15, 0.2) is 61.2 Å². The second kappa shape index (κ2) is 9.60. The van der Waals surface area contributed by atoms with Crippen molar-refractivity contribution in [1.82, 2.24) is 29.6 Å². The number of rotatable bonds is 7. The molecule has 168 valence electrons. The molecule has 0 aliphatic heterocycles. The van der Waals surface area contributed by atoms with Crippen molar-refractivity contribution >= 4 is 5.91 Å². The van der Waals surface area contributed by atoms with Crippen molar-refractivity contribution in [2.24, 2.45) is 0 Å². The Bertz CT molecular complexity index is 1280. The zero-order chi connectivity index (χ0) is 23.4. The summed E-state index contributed by atoms with van der Waals surface area (Å²) >= 11 is 0. The van der Waals surface area contributed by atoms with Gasteiger partial charge in [-0.3, -0.25) is 4.79 Å². The minimum absolute atomic E-state index is 0.135. The second-order valence-corrected chi connectivity index (χ2v) is 7.11. The first-order chi connectivity index (χ1) is 16.0. The highest BCUT2D eigenvalue weighted by Gasteiger charge is 2.21. The van der Waals surface area contributed by atoms with Gasteiger partial charge in [-0.2, -0.15) is 5.10 Å². The monoisotopic (exact) mass is 452 g/mol. The first-order valence-electron chi connectivity index (χ1n) is 10.2. The van der Waals surface area contributed by atoms with E-state index in [0.717, 1.165) is 12.3 Å². The molecule has 3 aromatic heterocycles. The van der Waals surface area contributed by atoms with E-state index in [2.05, 4.69) is 20.1 Å². The molecule has 0 saturated carbocycles. The third-order valence-electron chi connectivity index (χ3n) is 5.00. The van der Waals surface area contributed by atoms with Gasteiger partial charge in [0.25, 0.3) is 5.91 Å². The summed E-state index contributed by atoms with van der Waals surface area (Å²) < 4.78 is 41.9. The Kier molecular flexibility index (Phi) is 6.43. The standard InChI is InChI=1S/C23H19F3N6O/c1-2-31(10-6-16-7-11-32(30-16)21-13-19(25)20(26)14-29-21)23(33)18-12-15(24)4-5-17(18)22-27-8-3-9-28-22/h3-5,7-9,11-14H,2,6,10H2,1H3. The molecule has 0 saturated heterocycles. The van der Waals surface area contributed by atoms with Gasteiger partial charge in [-0.1, -0.05) is 0 Å². The Morgan fingerprint density at radius 2 is 1.82 bits per heavy atom. The van der Waals surface area contributed by atoms with Gasteiger partial charge in [-0.15, -0.1) is 0 Å². The lowest BCUT2D eigenvalue weighted by molar-refractivity contribution is 0.0766. The molecule has 0 atom stereocenters. The van der Waals surface area contributed by atoms with Crippen LogP contribution in [0.1, 0.15) is 23.0 Å². The number of carbonyl (C=O) groups excluding carboxylic acids is 1. The molecule has 4 rings (SSSR count). The molecule has 0 spiro atoms. The third-order valence-corrected chi connectivity index (χ3v) is 5.00. The van der Waals surface area contributed by atoms with E-state index < -0.39 is 17.5 Å². The van der Waals surface area contributed by atoms with Gasteiger partial charge in [0.1, 0.15) is 5.82 Å². The van der Waals surface area contributed by atoms with Crippen LogP contribution in [0.5, 0.6) is 0 Å². The molecule has 0 radical (unpaired) electrons. The molecule has 7 nitrogen and oxygen atoms in total. The van der Waals surface area contributed by atoms with E-state index in [1.807, 2.05) is 6.92 Å². The summed E-state index contributed by atoms with van der Waals surface area (Å²) in [6, 6.07) is 8.24. The largest absolute Gasteiger partial charge is 0.339 e. The lowest BCUT2D eigenvalue weighted by Gasteiger charge is -2.22. The predicted molar refractivity (Wildman–Crippen MR) is 114 cm³/mol. The molecule has 33 heavy (non-hydrogen) atoms. The molecule has 3 heterocycles. The summed E-state index contributed by atoms with van der Waals surface area (Å²) in [5.74, 6) is -2.49. The number of carbonyl (C=O) groups is 1. The Balaban J connectivity index is 1.51. The molecule has 10 heteroatoms. The van der Waals surface area contributed by atoms with Crippen LogP contribution in [0.2, 0.25) is 0 Å². The van der Waals surface area contributed by atoms with Gasteiger partial charge >= 0.3 is 0 Å². The van der Waals surface area contributed by atoms with Gasteiger partial charge in [-0.25, -0.2) is 32.8 Å². The molecule has 4 aromatic rings. The zero-order valence-electron chi connectivity index (χ0n) is 17.6. The summed E-state index contributed by atoms with van der Waals surface area (Å²) in [5.41, 5.74) is 1.23. The number of hydrogen-bond donors (Lipinski definition) is 0. The molecule has 0 N–H and O–H groups in total. The van der Waals surface area contributed by atoms with E-state index in [1.54, 1.807) is 35.6 Å². The third kappa shape index (κ3) is 4.89. The molecule has 0 aliphatic carbocycles. The lowest BCUT2D eigenvalue weighted by Crippen LogP contribution is -2.33. The van der Waals surface area contributed by atoms with Crippen molar-refractivity contribution < 1.29 is 18.0 Å². The van der Waals surface area contributed by atoms with Crippen molar-refractivity contribution in [3.05, 3.63) is 89.9 Å². The van der Waals surface area contributed by atoms with Crippen molar-refractivity contribution in [2.45, 2.75) is 13.3 Å². The van der Waals surface area contributed by atoms with Crippen LogP contribution < -0.4 is 0 Å². The number of aromatic nitrogens is 5. The average Bonchev–Trinajstić information content (AvgIpc) is 3.30. The van der Waals surface area contributed by atoms with Crippen molar-refractivity contribution in [2.75, 3.05) is 13.1 Å². The first kappa shape index (κ1) is 22.1. The fourth-order valence-electron chi connectivity index (χ4n) is 3.30. The number of halogens is 3. The number of benzene rings is 1. The Hall–Kier alpha value is -4.08. The normalized spacial score (nSPS) is 10.9. The van der Waals surface area contributed by atoms with Crippen LogP contribution >= 0.6 is 0 Å². The van der Waals surface area contributed by atoms with Gasteiger partial charge in [0.15, 0.2) is 23.3 Å². The number of amides is 1. The van der Waals surface area contributed by atoms with Crippen molar-refractivity contribution in [1.29, 1.82) is 0 Å². The highest BCUT2D eigenvalue weighted by Crippen LogP contribution is 2.23. The second-order valence-electron chi connectivity index (χ2n) is 7.11. The highest BCUT2D eigenvalue weighted by molar-refractivity contribution is 6.00. The summed E-state index contributed by atoms with van der Waals surface area (Å²) in [4.78, 5) is 27.0. The number of pyridine rings is 1. The van der Waals surface area contributed by atoms with E-state index in [1.165, 1.54) is 22.9 Å². The van der Waals surface area contributed by atoms with Crippen LogP contribution in [0.25, 0.3) is 17.2 Å². The summed E-state index contributed by atoms with van der Waals surface area (Å²) in [5, 5.41) is 4.32. The van der Waals surface area contributed by atoms with Crippen LogP contribution in [-0.4, -0.2) is 48.6 Å². The Morgan fingerprint density at radius 3 is 2.55 bits per heavy atom. The maximum Gasteiger partial charge on any atom is 0.254 e. The van der Waals surface area contributed by atoms with Crippen LogP contribution in [-0.2, 0) is 6.42 Å². The maximum atomic E-state index is 14.0. The number of hydrogen-bond acceptors (Lipinski definition) is 5. The SMILES string of the molecule is CCN(CCc1ccn(-c2cc(F)c(F)cn2)n1)C(=O)c1cc(F)ccc1-c1ncccn1. The first-order valence-corrected chi connectivity index (χ1v) is 10.2. The average molecular weight is 452 g/mol. The van der Waals surface area contributed by atoms with E-state index in [9.17, 15) is 18.0 Å². The molecule has 1 amide bonds. The van der Waals surface area contributed by atoms with E-state index in [0.29, 0.717) is 36.6 Å². The van der Waals surface area contributed by atoms with Crippen LogP contribution in [0.4, 0.5) is 13.2 Å². The fourth-order valence-corrected chi connectivity index (χ4v) is 3.30. The van der Waals surface area contributed by atoms with E-state index >= 15 is 0 Å². The smallest absolute Gasteiger partial charge is 0.254 e. The molecular formula is C23H19F3N6O. The van der Waals surface area contributed by atoms with Gasteiger partial charge in [-0.05, 0) is 37.3 Å². The van der Waals surface area contributed by atoms with E-state index in [4.69, 9.17) is 0 Å². The highest BCUT2D eigenvalue weighted by atomic mass is 19.2. The van der Waals surface area contributed by atoms with Gasteiger partial charge in [0.05, 0.1) is 17.5 Å². The molecule has 0 unspecified atom stereocenters.